The van der Waals surface area contributed by atoms with Crippen molar-refractivity contribution in [3.8, 4) is 5.75 Å². The van der Waals surface area contributed by atoms with Crippen molar-refractivity contribution in [2.24, 2.45) is 0 Å². The largest absolute Gasteiger partial charge is 0.491 e. The van der Waals surface area contributed by atoms with E-state index < -0.39 is 28.2 Å². The summed E-state index contributed by atoms with van der Waals surface area (Å²) in [6.07, 6.45) is 0. The van der Waals surface area contributed by atoms with Crippen molar-refractivity contribution in [3.05, 3.63) is 70.0 Å². The molecule has 0 saturated carbocycles. The topological polar surface area (TPSA) is 102 Å². The number of nitro benzene ring substituents is 1. The number of hydrogen-bond acceptors (Lipinski definition) is 5. The molecule has 2 aromatic rings. The Hall–Kier alpha value is -3.49. The number of carbonyl (C=O) groups excluding carboxylic acids is 2. The molecule has 9 heteroatoms. The highest BCUT2D eigenvalue weighted by molar-refractivity contribution is 6.07. The van der Waals surface area contributed by atoms with Gasteiger partial charge in [-0.25, -0.2) is 9.18 Å². The number of rotatable bonds is 6. The minimum atomic E-state index is -1.51. The number of imide groups is 1. The zero-order chi connectivity index (χ0) is 19.6. The number of halogens is 1. The Morgan fingerprint density at radius 1 is 1.22 bits per heavy atom. The molecule has 0 spiro atoms. The first kappa shape index (κ1) is 18.3. The van der Waals surface area contributed by atoms with Crippen molar-refractivity contribution in [1.82, 2.24) is 10.2 Å². The Balaban J connectivity index is 1.69. The molecule has 0 aliphatic carbocycles. The number of carbonyl (C=O) groups is 2. The molecule has 1 unspecified atom stereocenters. The number of hydrogen-bond donors (Lipinski definition) is 1. The SMILES string of the molecule is CC1(c2ccccc2F)NC(=O)N(CCOc2cccc([N+](=O)[O-])c2)C1=O. The third kappa shape index (κ3) is 3.43. The van der Waals surface area contributed by atoms with E-state index in [4.69, 9.17) is 4.74 Å². The van der Waals surface area contributed by atoms with Gasteiger partial charge in [0.25, 0.3) is 11.6 Å². The Morgan fingerprint density at radius 2 is 1.96 bits per heavy atom. The van der Waals surface area contributed by atoms with Crippen LogP contribution >= 0.6 is 0 Å². The average molecular weight is 373 g/mol. The van der Waals surface area contributed by atoms with Crippen molar-refractivity contribution < 1.29 is 23.6 Å². The van der Waals surface area contributed by atoms with Gasteiger partial charge in [0.05, 0.1) is 17.5 Å². The Morgan fingerprint density at radius 3 is 2.67 bits per heavy atom. The molecule has 27 heavy (non-hydrogen) atoms. The van der Waals surface area contributed by atoms with Crippen LogP contribution in [-0.2, 0) is 10.3 Å². The normalized spacial score (nSPS) is 19.1. The maximum atomic E-state index is 14.1. The number of benzene rings is 2. The number of urea groups is 1. The average Bonchev–Trinajstić information content (AvgIpc) is 2.86. The van der Waals surface area contributed by atoms with Crippen LogP contribution < -0.4 is 10.1 Å². The molecule has 0 aromatic heterocycles. The minimum Gasteiger partial charge on any atom is -0.491 e. The summed E-state index contributed by atoms with van der Waals surface area (Å²) < 4.78 is 19.5. The van der Waals surface area contributed by atoms with E-state index in [1.165, 1.54) is 49.4 Å². The van der Waals surface area contributed by atoms with Crippen LogP contribution in [0.5, 0.6) is 5.75 Å². The third-order valence-corrected chi connectivity index (χ3v) is 4.30. The van der Waals surface area contributed by atoms with Crippen molar-refractivity contribution in [2.75, 3.05) is 13.2 Å². The summed E-state index contributed by atoms with van der Waals surface area (Å²) in [4.78, 5) is 36.1. The lowest BCUT2D eigenvalue weighted by Crippen LogP contribution is -2.42. The third-order valence-electron chi connectivity index (χ3n) is 4.30. The number of nitrogens with zero attached hydrogens (tertiary/aromatic N) is 2. The highest BCUT2D eigenvalue weighted by atomic mass is 19.1. The van der Waals surface area contributed by atoms with Gasteiger partial charge in [0.2, 0.25) is 0 Å². The molecule has 0 radical (unpaired) electrons. The molecule has 3 rings (SSSR count). The van der Waals surface area contributed by atoms with Gasteiger partial charge < -0.3 is 10.1 Å². The van der Waals surface area contributed by atoms with E-state index in [0.29, 0.717) is 0 Å². The summed E-state index contributed by atoms with van der Waals surface area (Å²) in [5.74, 6) is -0.947. The fraction of sp³-hybridized carbons (Fsp3) is 0.222. The van der Waals surface area contributed by atoms with Gasteiger partial charge in [-0.3, -0.25) is 19.8 Å². The highest BCUT2D eigenvalue weighted by Gasteiger charge is 2.49. The van der Waals surface area contributed by atoms with Gasteiger partial charge in [-0.05, 0) is 19.1 Å². The van der Waals surface area contributed by atoms with E-state index in [0.717, 1.165) is 4.90 Å². The summed E-state index contributed by atoms with van der Waals surface area (Å²) in [5, 5.41) is 13.3. The maximum Gasteiger partial charge on any atom is 0.325 e. The van der Waals surface area contributed by atoms with Crippen LogP contribution in [-0.4, -0.2) is 34.9 Å². The van der Waals surface area contributed by atoms with E-state index in [9.17, 15) is 24.1 Å². The van der Waals surface area contributed by atoms with Gasteiger partial charge in [0.1, 0.15) is 23.7 Å². The number of nitro groups is 1. The molecule has 1 aliphatic heterocycles. The lowest BCUT2D eigenvalue weighted by molar-refractivity contribution is -0.384. The zero-order valence-corrected chi connectivity index (χ0v) is 14.3. The van der Waals surface area contributed by atoms with Crippen LogP contribution in [0, 0.1) is 15.9 Å². The van der Waals surface area contributed by atoms with Crippen LogP contribution in [0.1, 0.15) is 12.5 Å². The number of non-ortho nitro benzene ring substituents is 1. The highest BCUT2D eigenvalue weighted by Crippen LogP contribution is 2.30. The van der Waals surface area contributed by atoms with Crippen molar-refractivity contribution >= 4 is 17.6 Å². The van der Waals surface area contributed by atoms with Crippen molar-refractivity contribution in [2.45, 2.75) is 12.5 Å². The van der Waals surface area contributed by atoms with Crippen LogP contribution in [0.15, 0.2) is 48.5 Å². The van der Waals surface area contributed by atoms with E-state index in [-0.39, 0.29) is 30.2 Å². The summed E-state index contributed by atoms with van der Waals surface area (Å²) in [6, 6.07) is 10.6. The molecule has 3 amide bonds. The second-order valence-electron chi connectivity index (χ2n) is 6.09. The molecular formula is C18H16FN3O5. The van der Waals surface area contributed by atoms with E-state index in [2.05, 4.69) is 5.32 Å². The smallest absolute Gasteiger partial charge is 0.325 e. The predicted molar refractivity (Wildman–Crippen MR) is 92.6 cm³/mol. The Bertz CT molecular complexity index is 919. The molecule has 1 aliphatic rings. The van der Waals surface area contributed by atoms with Crippen LogP contribution in [0.25, 0.3) is 0 Å². The lowest BCUT2D eigenvalue weighted by atomic mass is 9.91. The molecule has 8 nitrogen and oxygen atoms in total. The first-order chi connectivity index (χ1) is 12.8. The van der Waals surface area contributed by atoms with Crippen molar-refractivity contribution in [1.29, 1.82) is 0 Å². The standard InChI is InChI=1S/C18H16FN3O5/c1-18(14-7-2-3-8-15(14)19)16(23)21(17(24)20-18)9-10-27-13-6-4-5-12(11-13)22(25)26/h2-8,11H,9-10H2,1H3,(H,20,24). The van der Waals surface area contributed by atoms with Crippen LogP contribution in [0.2, 0.25) is 0 Å². The van der Waals surface area contributed by atoms with Gasteiger partial charge in [-0.15, -0.1) is 0 Å². The summed E-state index contributed by atoms with van der Waals surface area (Å²) in [5.41, 5.74) is -1.56. The first-order valence-electron chi connectivity index (χ1n) is 8.09. The van der Waals surface area contributed by atoms with E-state index in [1.807, 2.05) is 0 Å². The van der Waals surface area contributed by atoms with E-state index in [1.54, 1.807) is 6.07 Å². The van der Waals surface area contributed by atoms with Gasteiger partial charge in [-0.2, -0.15) is 0 Å². The maximum absolute atomic E-state index is 14.1. The molecule has 2 aromatic carbocycles. The quantitative estimate of drug-likeness (QED) is 0.476. The molecule has 1 N–H and O–H groups in total. The number of nitrogens with one attached hydrogen (secondary N) is 1. The number of ether oxygens (including phenoxy) is 1. The molecule has 0 bridgehead atoms. The molecule has 1 heterocycles. The molecule has 1 fully saturated rings. The van der Waals surface area contributed by atoms with Crippen LogP contribution in [0.3, 0.4) is 0 Å². The zero-order valence-electron chi connectivity index (χ0n) is 14.3. The number of amides is 3. The fourth-order valence-electron chi connectivity index (χ4n) is 2.89. The summed E-state index contributed by atoms with van der Waals surface area (Å²) in [6.45, 7) is 1.29. The first-order valence-corrected chi connectivity index (χ1v) is 8.09. The predicted octanol–water partition coefficient (Wildman–Crippen LogP) is 2.58. The van der Waals surface area contributed by atoms with Gasteiger partial charge >= 0.3 is 6.03 Å². The van der Waals surface area contributed by atoms with Gasteiger partial charge in [0.15, 0.2) is 0 Å². The molecular weight excluding hydrogens is 357 g/mol. The molecule has 1 atom stereocenters. The Labute approximate surface area is 153 Å². The fourth-order valence-corrected chi connectivity index (χ4v) is 2.89. The van der Waals surface area contributed by atoms with Gasteiger partial charge in [-0.1, -0.05) is 24.3 Å². The van der Waals surface area contributed by atoms with Crippen LogP contribution in [0.4, 0.5) is 14.9 Å². The lowest BCUT2D eigenvalue weighted by Gasteiger charge is -2.22. The summed E-state index contributed by atoms with van der Waals surface area (Å²) in [7, 11) is 0. The minimum absolute atomic E-state index is 0.0618. The van der Waals surface area contributed by atoms with Gasteiger partial charge in [0, 0.05) is 11.6 Å². The summed E-state index contributed by atoms with van der Waals surface area (Å²) >= 11 is 0. The Kier molecular flexibility index (Phi) is 4.76. The van der Waals surface area contributed by atoms with Crippen molar-refractivity contribution in [3.63, 3.8) is 0 Å². The monoisotopic (exact) mass is 373 g/mol. The second kappa shape index (κ2) is 7.02. The van der Waals surface area contributed by atoms with E-state index >= 15 is 0 Å². The molecule has 140 valence electrons. The second-order valence-corrected chi connectivity index (χ2v) is 6.09. The molecule has 1 saturated heterocycles.